The molecule has 5 nitrogen and oxygen atoms in total. The molecule has 0 saturated carbocycles. The zero-order valence-corrected chi connectivity index (χ0v) is 17.2. The molecule has 2 aromatic carbocycles. The van der Waals surface area contributed by atoms with Gasteiger partial charge >= 0.3 is 0 Å². The van der Waals surface area contributed by atoms with Gasteiger partial charge in [-0.15, -0.1) is 11.3 Å². The van der Waals surface area contributed by atoms with E-state index < -0.39 is 17.2 Å². The lowest BCUT2D eigenvalue weighted by Crippen LogP contribution is -2.23. The smallest absolute Gasteiger partial charge is 0.257 e. The average molecular weight is 461 g/mol. The molecular weight excluding hydrogens is 451 g/mol. The van der Waals surface area contributed by atoms with Crippen LogP contribution in [0.3, 0.4) is 0 Å². The first-order valence-electron chi connectivity index (χ1n) is 7.36. The van der Waals surface area contributed by atoms with Crippen molar-refractivity contribution < 1.29 is 13.6 Å². The van der Waals surface area contributed by atoms with Gasteiger partial charge in [0.2, 0.25) is 0 Å². The second-order valence-electron chi connectivity index (χ2n) is 5.21. The third-order valence-corrected chi connectivity index (χ3v) is 5.94. The summed E-state index contributed by atoms with van der Waals surface area (Å²) in [6.45, 7) is 0. The van der Waals surface area contributed by atoms with Gasteiger partial charge in [-0.25, -0.2) is 0 Å². The summed E-state index contributed by atoms with van der Waals surface area (Å²) >= 11 is 16.2. The molecule has 0 fully saturated rings. The summed E-state index contributed by atoms with van der Waals surface area (Å²) in [5.41, 5.74) is 0.744. The van der Waals surface area contributed by atoms with E-state index in [-0.39, 0.29) is 11.3 Å². The second kappa shape index (κ2) is 8.60. The van der Waals surface area contributed by atoms with E-state index in [2.05, 4.69) is 5.32 Å². The molecule has 1 heterocycles. The molecule has 1 atom stereocenters. The molecule has 3 rings (SSSR count). The molecule has 1 aromatic heterocycles. The van der Waals surface area contributed by atoms with Gasteiger partial charge in [-0.2, -0.15) is 0 Å². The number of hydrogen-bond acceptors (Lipinski definition) is 4. The molecular formula is C17H10Cl3N2O3S2-. The molecule has 10 heteroatoms. The Balaban J connectivity index is 2.02. The van der Waals surface area contributed by atoms with E-state index in [0.717, 1.165) is 15.6 Å². The monoisotopic (exact) mass is 459 g/mol. The van der Waals surface area contributed by atoms with Crippen LogP contribution in [0.15, 0.2) is 54.6 Å². The van der Waals surface area contributed by atoms with Gasteiger partial charge in [-0.1, -0.05) is 34.8 Å². The minimum Gasteiger partial charge on any atom is -0.755 e. The summed E-state index contributed by atoms with van der Waals surface area (Å²) in [7, 11) is 0. The highest BCUT2D eigenvalue weighted by molar-refractivity contribution is 7.81. The first-order chi connectivity index (χ1) is 12.8. The number of carbonyl (C=O) groups is 1. The fourth-order valence-corrected chi connectivity index (χ4v) is 4.36. The van der Waals surface area contributed by atoms with Crippen molar-refractivity contribution >= 4 is 79.7 Å². The van der Waals surface area contributed by atoms with Crippen molar-refractivity contribution in [1.82, 2.24) is 0 Å². The summed E-state index contributed by atoms with van der Waals surface area (Å²) < 4.78 is 25.2. The molecule has 3 aromatic rings. The van der Waals surface area contributed by atoms with Gasteiger partial charge in [0.1, 0.15) is 5.00 Å². The van der Waals surface area contributed by atoms with Crippen LogP contribution in [0, 0.1) is 0 Å². The molecule has 0 radical (unpaired) electrons. The highest BCUT2D eigenvalue weighted by Crippen LogP contribution is 2.37. The molecule has 0 saturated heterocycles. The highest BCUT2D eigenvalue weighted by atomic mass is 35.5. The Morgan fingerprint density at radius 3 is 2.26 bits per heavy atom. The molecule has 0 aliphatic heterocycles. The second-order valence-corrected chi connectivity index (χ2v) is 8.58. The molecule has 140 valence electrons. The molecule has 0 spiro atoms. The molecule has 1 amide bonds. The van der Waals surface area contributed by atoms with Crippen LogP contribution in [-0.4, -0.2) is 14.7 Å². The van der Waals surface area contributed by atoms with E-state index in [4.69, 9.17) is 34.8 Å². The summed E-state index contributed by atoms with van der Waals surface area (Å²) in [4.78, 5) is 12.8. The number of nitrogens with one attached hydrogen (secondary N) is 1. The maximum Gasteiger partial charge on any atom is 0.257 e. The predicted octanol–water partition coefficient (Wildman–Crippen LogP) is 5.89. The summed E-state index contributed by atoms with van der Waals surface area (Å²) in [5, 5.41) is 3.86. The van der Waals surface area contributed by atoms with Crippen LogP contribution in [0.4, 0.5) is 16.4 Å². The lowest BCUT2D eigenvalue weighted by molar-refractivity contribution is 0.102. The number of carbonyl (C=O) groups excluding carboxylic acids is 1. The Kier molecular flexibility index (Phi) is 6.41. The van der Waals surface area contributed by atoms with E-state index in [1.807, 2.05) is 0 Å². The van der Waals surface area contributed by atoms with Gasteiger partial charge in [-0.05, 0) is 54.6 Å². The number of amides is 1. The van der Waals surface area contributed by atoms with Crippen molar-refractivity contribution in [3.05, 3.63) is 74.5 Å². The van der Waals surface area contributed by atoms with Crippen LogP contribution in [0.2, 0.25) is 14.4 Å². The fraction of sp³-hybridized carbons (Fsp3) is 0. The lowest BCUT2D eigenvalue weighted by atomic mass is 10.1. The van der Waals surface area contributed by atoms with Crippen molar-refractivity contribution in [3.8, 4) is 0 Å². The van der Waals surface area contributed by atoms with Crippen molar-refractivity contribution in [2.75, 3.05) is 9.62 Å². The highest BCUT2D eigenvalue weighted by Gasteiger charge is 2.21. The van der Waals surface area contributed by atoms with Crippen LogP contribution in [0.1, 0.15) is 10.4 Å². The van der Waals surface area contributed by atoms with Gasteiger partial charge < -0.3 is 9.87 Å². The number of thiophene rings is 1. The third-order valence-electron chi connectivity index (χ3n) is 3.43. The molecule has 0 bridgehead atoms. The van der Waals surface area contributed by atoms with Crippen LogP contribution < -0.4 is 9.62 Å². The minimum absolute atomic E-state index is 0.0890. The van der Waals surface area contributed by atoms with Gasteiger partial charge in [0.15, 0.2) is 0 Å². The topological polar surface area (TPSA) is 72.5 Å². The Bertz CT molecular complexity index is 1010. The lowest BCUT2D eigenvalue weighted by Gasteiger charge is -2.26. The van der Waals surface area contributed by atoms with E-state index in [0.29, 0.717) is 25.1 Å². The predicted molar refractivity (Wildman–Crippen MR) is 111 cm³/mol. The number of hydrogen-bond donors (Lipinski definition) is 1. The molecule has 0 aliphatic carbocycles. The molecule has 27 heavy (non-hydrogen) atoms. The largest absolute Gasteiger partial charge is 0.755 e. The quantitative estimate of drug-likeness (QED) is 0.482. The van der Waals surface area contributed by atoms with Gasteiger partial charge in [0.05, 0.1) is 26.9 Å². The van der Waals surface area contributed by atoms with Crippen molar-refractivity contribution in [2.45, 2.75) is 0 Å². The summed E-state index contributed by atoms with van der Waals surface area (Å²) in [6, 6.07) is 14.0. The number of anilines is 3. The van der Waals surface area contributed by atoms with Gasteiger partial charge in [-0.3, -0.25) is 13.3 Å². The average Bonchev–Trinajstić information content (AvgIpc) is 3.04. The van der Waals surface area contributed by atoms with Crippen molar-refractivity contribution in [1.29, 1.82) is 0 Å². The third kappa shape index (κ3) is 4.82. The Hall–Kier alpha value is -1.61. The van der Waals surface area contributed by atoms with Crippen LogP contribution in [0.25, 0.3) is 0 Å². The maximum absolute atomic E-state index is 12.8. The normalized spacial score (nSPS) is 11.9. The Morgan fingerprint density at radius 1 is 1.00 bits per heavy atom. The molecule has 0 aliphatic rings. The number of rotatable bonds is 5. The SMILES string of the molecule is O=C(Nc1ccc(Cl)cc1)c1cc(Cl)ccc1N(c1ccc(Cl)s1)S(=O)[O-]. The van der Waals surface area contributed by atoms with Crippen LogP contribution in [0.5, 0.6) is 0 Å². The zero-order chi connectivity index (χ0) is 19.6. The van der Waals surface area contributed by atoms with Crippen molar-refractivity contribution in [3.63, 3.8) is 0 Å². The van der Waals surface area contributed by atoms with Gasteiger partial charge in [0.25, 0.3) is 5.91 Å². The van der Waals surface area contributed by atoms with E-state index in [9.17, 15) is 13.6 Å². The summed E-state index contributed by atoms with van der Waals surface area (Å²) in [6.07, 6.45) is 0. The summed E-state index contributed by atoms with van der Waals surface area (Å²) in [5.74, 6) is -0.520. The van der Waals surface area contributed by atoms with Crippen molar-refractivity contribution in [2.24, 2.45) is 0 Å². The first-order valence-corrected chi connectivity index (χ1v) is 10.3. The Morgan fingerprint density at radius 2 is 1.67 bits per heavy atom. The van der Waals surface area contributed by atoms with Crippen LogP contribution >= 0.6 is 46.1 Å². The number of nitrogens with zero attached hydrogens (tertiary/aromatic N) is 1. The minimum atomic E-state index is -2.68. The fourth-order valence-electron chi connectivity index (χ4n) is 2.29. The van der Waals surface area contributed by atoms with Gasteiger partial charge in [0, 0.05) is 15.7 Å². The van der Waals surface area contributed by atoms with E-state index in [1.54, 1.807) is 36.4 Å². The van der Waals surface area contributed by atoms with Crippen LogP contribution in [-0.2, 0) is 11.3 Å². The maximum atomic E-state index is 12.8. The van der Waals surface area contributed by atoms with E-state index in [1.165, 1.54) is 18.2 Å². The number of benzene rings is 2. The molecule has 1 N–H and O–H groups in total. The standard InChI is InChI=1S/C17H11Cl3N2O3S2/c18-10-1-4-12(5-2-10)21-17(23)13-9-11(19)3-6-14(13)22(27(24)25)16-8-7-15(20)26-16/h1-9H,(H,21,23)(H,24,25)/p-1. The number of halogens is 3. The Labute approximate surface area is 176 Å². The zero-order valence-electron chi connectivity index (χ0n) is 13.3. The first kappa shape index (κ1) is 20.1. The molecule has 1 unspecified atom stereocenters. The van der Waals surface area contributed by atoms with E-state index >= 15 is 0 Å².